The number of benzene rings is 1. The first-order valence-corrected chi connectivity index (χ1v) is 5.08. The molecule has 13 heavy (non-hydrogen) atoms. The Morgan fingerprint density at radius 3 is 2.46 bits per heavy atom. The van der Waals surface area contributed by atoms with E-state index in [1.807, 2.05) is 18.2 Å². The van der Waals surface area contributed by atoms with Crippen LogP contribution in [0, 0.1) is 0 Å². The summed E-state index contributed by atoms with van der Waals surface area (Å²) in [6.07, 6.45) is 1.58. The van der Waals surface area contributed by atoms with Crippen molar-refractivity contribution in [2.75, 3.05) is 0 Å². The zero-order valence-corrected chi connectivity index (χ0v) is 8.49. The first-order chi connectivity index (χ1) is 6.40. The van der Waals surface area contributed by atoms with Crippen molar-refractivity contribution in [1.29, 1.82) is 0 Å². The molecule has 0 aliphatic carbocycles. The molecule has 0 aliphatic heterocycles. The molecule has 2 aromatic rings. The average molecular weight is 238 g/mol. The SMILES string of the molecule is BrCc1ccc(-c2ccon2)cc1. The Bertz CT molecular complexity index is 366. The number of nitrogens with zero attached hydrogens (tertiary/aromatic N) is 1. The highest BCUT2D eigenvalue weighted by atomic mass is 79.9. The molecule has 0 atom stereocenters. The van der Waals surface area contributed by atoms with Crippen LogP contribution < -0.4 is 0 Å². The minimum absolute atomic E-state index is 0.876. The van der Waals surface area contributed by atoms with Crippen LogP contribution in [0.15, 0.2) is 41.1 Å². The normalized spacial score (nSPS) is 10.2. The van der Waals surface area contributed by atoms with Crippen LogP contribution in [0.25, 0.3) is 11.3 Å². The summed E-state index contributed by atoms with van der Waals surface area (Å²) in [7, 11) is 0. The molecule has 0 aliphatic rings. The van der Waals surface area contributed by atoms with Crippen LogP contribution in [0.2, 0.25) is 0 Å². The predicted octanol–water partition coefficient (Wildman–Crippen LogP) is 3.24. The Hall–Kier alpha value is -1.09. The Morgan fingerprint density at radius 1 is 1.15 bits per heavy atom. The number of hydrogen-bond acceptors (Lipinski definition) is 2. The van der Waals surface area contributed by atoms with Crippen molar-refractivity contribution in [2.24, 2.45) is 0 Å². The van der Waals surface area contributed by atoms with Gasteiger partial charge in [-0.2, -0.15) is 0 Å². The van der Waals surface area contributed by atoms with Crippen molar-refractivity contribution in [1.82, 2.24) is 5.16 Å². The Balaban J connectivity index is 2.33. The fraction of sp³-hybridized carbons (Fsp3) is 0.100. The maximum Gasteiger partial charge on any atom is 0.124 e. The highest BCUT2D eigenvalue weighted by Gasteiger charge is 1.99. The highest BCUT2D eigenvalue weighted by molar-refractivity contribution is 9.08. The quantitative estimate of drug-likeness (QED) is 0.750. The third-order valence-electron chi connectivity index (χ3n) is 1.84. The van der Waals surface area contributed by atoms with Gasteiger partial charge in [-0.25, -0.2) is 0 Å². The molecule has 1 aromatic heterocycles. The van der Waals surface area contributed by atoms with E-state index in [9.17, 15) is 0 Å². The molecule has 0 amide bonds. The number of hydrogen-bond donors (Lipinski definition) is 0. The second-order valence-electron chi connectivity index (χ2n) is 2.72. The summed E-state index contributed by atoms with van der Waals surface area (Å²) in [5, 5.41) is 4.74. The molecule has 66 valence electrons. The van der Waals surface area contributed by atoms with Gasteiger partial charge in [-0.1, -0.05) is 45.4 Å². The van der Waals surface area contributed by atoms with Gasteiger partial charge in [0.15, 0.2) is 0 Å². The van der Waals surface area contributed by atoms with Crippen molar-refractivity contribution in [2.45, 2.75) is 5.33 Å². The maximum absolute atomic E-state index is 4.77. The second kappa shape index (κ2) is 3.75. The molecular formula is C10H8BrNO. The molecule has 1 heterocycles. The van der Waals surface area contributed by atoms with Crippen LogP contribution >= 0.6 is 15.9 Å². The summed E-state index contributed by atoms with van der Waals surface area (Å²) in [5.41, 5.74) is 3.21. The molecule has 0 N–H and O–H groups in total. The van der Waals surface area contributed by atoms with E-state index in [2.05, 4.69) is 33.2 Å². The predicted molar refractivity (Wildman–Crippen MR) is 54.6 cm³/mol. The number of aromatic nitrogens is 1. The van der Waals surface area contributed by atoms with Gasteiger partial charge in [0.25, 0.3) is 0 Å². The van der Waals surface area contributed by atoms with E-state index in [1.165, 1.54) is 5.56 Å². The second-order valence-corrected chi connectivity index (χ2v) is 3.28. The van der Waals surface area contributed by atoms with Gasteiger partial charge in [-0.15, -0.1) is 0 Å². The minimum Gasteiger partial charge on any atom is -0.364 e. The van der Waals surface area contributed by atoms with Crippen molar-refractivity contribution in [3.8, 4) is 11.3 Å². The van der Waals surface area contributed by atoms with E-state index in [0.29, 0.717) is 0 Å². The molecule has 0 saturated carbocycles. The van der Waals surface area contributed by atoms with Crippen LogP contribution in [-0.2, 0) is 5.33 Å². The third-order valence-corrected chi connectivity index (χ3v) is 2.49. The van der Waals surface area contributed by atoms with Gasteiger partial charge in [0, 0.05) is 17.0 Å². The van der Waals surface area contributed by atoms with Crippen LogP contribution in [0.4, 0.5) is 0 Å². The van der Waals surface area contributed by atoms with Gasteiger partial charge >= 0.3 is 0 Å². The maximum atomic E-state index is 4.77. The molecule has 0 radical (unpaired) electrons. The lowest BCUT2D eigenvalue weighted by Crippen LogP contribution is -1.79. The molecule has 0 unspecified atom stereocenters. The van der Waals surface area contributed by atoms with Crippen molar-refractivity contribution >= 4 is 15.9 Å². The topological polar surface area (TPSA) is 26.0 Å². The first-order valence-electron chi connectivity index (χ1n) is 3.96. The zero-order chi connectivity index (χ0) is 9.10. The van der Waals surface area contributed by atoms with Gasteiger partial charge in [-0.3, -0.25) is 0 Å². The summed E-state index contributed by atoms with van der Waals surface area (Å²) in [6, 6.07) is 10.1. The van der Waals surface area contributed by atoms with Crippen molar-refractivity contribution in [3.05, 3.63) is 42.2 Å². The van der Waals surface area contributed by atoms with Gasteiger partial charge in [0.1, 0.15) is 12.0 Å². The third kappa shape index (κ3) is 1.80. The minimum atomic E-state index is 0.876. The Kier molecular flexibility index (Phi) is 2.45. The summed E-state index contributed by atoms with van der Waals surface area (Å²) in [4.78, 5) is 0. The lowest BCUT2D eigenvalue weighted by Gasteiger charge is -1.97. The molecular weight excluding hydrogens is 230 g/mol. The molecule has 0 fully saturated rings. The summed E-state index contributed by atoms with van der Waals surface area (Å²) >= 11 is 3.40. The number of rotatable bonds is 2. The van der Waals surface area contributed by atoms with Gasteiger partial charge in [-0.05, 0) is 5.56 Å². The average Bonchev–Trinajstić information content (AvgIpc) is 2.71. The van der Waals surface area contributed by atoms with E-state index >= 15 is 0 Å². The largest absolute Gasteiger partial charge is 0.364 e. The van der Waals surface area contributed by atoms with Gasteiger partial charge in [0.2, 0.25) is 0 Å². The standard InChI is InChI=1S/C10H8BrNO/c11-7-8-1-3-9(4-2-8)10-5-6-13-12-10/h1-6H,7H2. The van der Waals surface area contributed by atoms with E-state index < -0.39 is 0 Å². The van der Waals surface area contributed by atoms with Crippen molar-refractivity contribution in [3.63, 3.8) is 0 Å². The lowest BCUT2D eigenvalue weighted by atomic mass is 10.1. The Labute approximate surface area is 84.7 Å². The molecule has 2 nitrogen and oxygen atoms in total. The van der Waals surface area contributed by atoms with Crippen molar-refractivity contribution < 1.29 is 4.52 Å². The van der Waals surface area contributed by atoms with Gasteiger partial charge < -0.3 is 4.52 Å². The molecule has 3 heteroatoms. The molecule has 0 spiro atoms. The summed E-state index contributed by atoms with van der Waals surface area (Å²) in [6.45, 7) is 0. The van der Waals surface area contributed by atoms with E-state index in [4.69, 9.17) is 4.52 Å². The van der Waals surface area contributed by atoms with Crippen LogP contribution in [-0.4, -0.2) is 5.16 Å². The van der Waals surface area contributed by atoms with E-state index in [0.717, 1.165) is 16.6 Å². The molecule has 0 bridgehead atoms. The number of alkyl halides is 1. The van der Waals surface area contributed by atoms with Crippen LogP contribution in [0.1, 0.15) is 5.56 Å². The summed E-state index contributed by atoms with van der Waals surface area (Å²) in [5.74, 6) is 0. The fourth-order valence-corrected chi connectivity index (χ4v) is 1.50. The van der Waals surface area contributed by atoms with E-state index in [1.54, 1.807) is 6.26 Å². The molecule has 0 saturated heterocycles. The van der Waals surface area contributed by atoms with E-state index in [-0.39, 0.29) is 0 Å². The zero-order valence-electron chi connectivity index (χ0n) is 6.90. The highest BCUT2D eigenvalue weighted by Crippen LogP contribution is 2.18. The fourth-order valence-electron chi connectivity index (χ4n) is 1.13. The van der Waals surface area contributed by atoms with Crippen LogP contribution in [0.3, 0.4) is 0 Å². The number of halogens is 1. The first kappa shape index (κ1) is 8.51. The smallest absolute Gasteiger partial charge is 0.124 e. The van der Waals surface area contributed by atoms with Gasteiger partial charge in [0.05, 0.1) is 0 Å². The van der Waals surface area contributed by atoms with Crippen LogP contribution in [0.5, 0.6) is 0 Å². The Morgan fingerprint density at radius 2 is 1.92 bits per heavy atom. The lowest BCUT2D eigenvalue weighted by molar-refractivity contribution is 0.422. The monoisotopic (exact) mass is 237 g/mol. The summed E-state index contributed by atoms with van der Waals surface area (Å²) < 4.78 is 4.77. The molecule has 1 aromatic carbocycles. The molecule has 2 rings (SSSR count).